The highest BCUT2D eigenvalue weighted by atomic mass is 15.1. The Morgan fingerprint density at radius 2 is 1.56 bits per heavy atom. The van der Waals surface area contributed by atoms with E-state index in [0.717, 1.165) is 0 Å². The van der Waals surface area contributed by atoms with E-state index in [4.69, 9.17) is 0 Å². The Morgan fingerprint density at radius 1 is 0.875 bits per heavy atom. The Balaban J connectivity index is 2.45. The minimum absolute atomic E-state index is 1.25. The molecule has 0 bridgehead atoms. The van der Waals surface area contributed by atoms with Crippen molar-refractivity contribution < 1.29 is 0 Å². The lowest BCUT2D eigenvalue weighted by atomic mass is 10.00. The van der Waals surface area contributed by atoms with Crippen LogP contribution in [0.5, 0.6) is 0 Å². The van der Waals surface area contributed by atoms with E-state index in [1.165, 1.54) is 22.4 Å². The lowest BCUT2D eigenvalue weighted by molar-refractivity contribution is 1.13. The Hall–Kier alpha value is -1.76. The summed E-state index contributed by atoms with van der Waals surface area (Å²) in [6, 6.07) is 17.1. The van der Waals surface area contributed by atoms with Gasteiger partial charge in [-0.1, -0.05) is 36.4 Å². The van der Waals surface area contributed by atoms with Crippen LogP contribution in [0.15, 0.2) is 48.5 Å². The molecular formula is C15H17N. The van der Waals surface area contributed by atoms with E-state index in [2.05, 4.69) is 68.4 Å². The van der Waals surface area contributed by atoms with Gasteiger partial charge in [0.1, 0.15) is 0 Å². The predicted octanol–water partition coefficient (Wildman–Crippen LogP) is 3.73. The van der Waals surface area contributed by atoms with Crippen molar-refractivity contribution in [2.24, 2.45) is 0 Å². The fourth-order valence-electron chi connectivity index (χ4n) is 1.87. The molecule has 0 aromatic heterocycles. The molecule has 1 nitrogen and oxygen atoms in total. The molecule has 0 fully saturated rings. The first-order valence-corrected chi connectivity index (χ1v) is 5.52. The molecule has 0 aliphatic carbocycles. The van der Waals surface area contributed by atoms with Gasteiger partial charge in [-0.05, 0) is 35.7 Å². The third-order valence-electron chi connectivity index (χ3n) is 2.81. The van der Waals surface area contributed by atoms with Crippen molar-refractivity contribution in [2.45, 2.75) is 6.92 Å². The van der Waals surface area contributed by atoms with E-state index in [0.29, 0.717) is 0 Å². The first-order chi connectivity index (χ1) is 7.68. The zero-order valence-corrected chi connectivity index (χ0v) is 10.1. The van der Waals surface area contributed by atoms with Crippen LogP contribution in [0.2, 0.25) is 0 Å². The molecule has 0 radical (unpaired) electrons. The lowest BCUT2D eigenvalue weighted by Crippen LogP contribution is -2.08. The molecule has 2 aromatic rings. The van der Waals surface area contributed by atoms with Crippen molar-refractivity contribution >= 4 is 5.69 Å². The second-order valence-corrected chi connectivity index (χ2v) is 4.26. The first kappa shape index (κ1) is 10.7. The highest BCUT2D eigenvalue weighted by Crippen LogP contribution is 2.26. The topological polar surface area (TPSA) is 3.24 Å². The summed E-state index contributed by atoms with van der Waals surface area (Å²) in [7, 11) is 4.13. The van der Waals surface area contributed by atoms with Crippen LogP contribution in [0, 0.1) is 6.92 Å². The highest BCUT2D eigenvalue weighted by Gasteiger charge is 2.03. The number of anilines is 1. The van der Waals surface area contributed by atoms with Gasteiger partial charge in [0, 0.05) is 19.8 Å². The van der Waals surface area contributed by atoms with Crippen molar-refractivity contribution in [1.82, 2.24) is 0 Å². The quantitative estimate of drug-likeness (QED) is 0.731. The maximum absolute atomic E-state index is 2.22. The van der Waals surface area contributed by atoms with Gasteiger partial charge in [0.05, 0.1) is 0 Å². The maximum atomic E-state index is 2.22. The number of rotatable bonds is 2. The molecule has 2 rings (SSSR count). The third-order valence-corrected chi connectivity index (χ3v) is 2.81. The zero-order chi connectivity index (χ0) is 11.5. The van der Waals surface area contributed by atoms with E-state index in [1.54, 1.807) is 0 Å². The lowest BCUT2D eigenvalue weighted by Gasteiger charge is -2.15. The monoisotopic (exact) mass is 211 g/mol. The fourth-order valence-corrected chi connectivity index (χ4v) is 1.87. The molecule has 0 aliphatic rings. The summed E-state index contributed by atoms with van der Waals surface area (Å²) < 4.78 is 0. The fraction of sp³-hybridized carbons (Fsp3) is 0.200. The van der Waals surface area contributed by atoms with Gasteiger partial charge in [0.2, 0.25) is 0 Å². The summed E-state index contributed by atoms with van der Waals surface area (Å²) >= 11 is 0. The van der Waals surface area contributed by atoms with Gasteiger partial charge in [0.25, 0.3) is 0 Å². The predicted molar refractivity (Wildman–Crippen MR) is 70.9 cm³/mol. The van der Waals surface area contributed by atoms with Gasteiger partial charge < -0.3 is 4.90 Å². The molecule has 0 atom stereocenters. The molecule has 0 saturated carbocycles. The van der Waals surface area contributed by atoms with E-state index < -0.39 is 0 Å². The second kappa shape index (κ2) is 4.40. The maximum Gasteiger partial charge on any atom is 0.0364 e. The van der Waals surface area contributed by atoms with Crippen LogP contribution in [0.3, 0.4) is 0 Å². The molecule has 0 heterocycles. The van der Waals surface area contributed by atoms with Crippen LogP contribution in [-0.4, -0.2) is 14.1 Å². The van der Waals surface area contributed by atoms with Crippen molar-refractivity contribution in [3.8, 4) is 11.1 Å². The van der Waals surface area contributed by atoms with Crippen LogP contribution in [0.1, 0.15) is 5.56 Å². The number of hydrogen-bond acceptors (Lipinski definition) is 1. The molecular weight excluding hydrogens is 194 g/mol. The molecule has 0 unspecified atom stereocenters. The molecule has 1 heteroatoms. The summed E-state index contributed by atoms with van der Waals surface area (Å²) in [4.78, 5) is 2.13. The molecule has 16 heavy (non-hydrogen) atoms. The molecule has 0 saturated heterocycles. The normalized spacial score (nSPS) is 10.2. The minimum Gasteiger partial charge on any atom is -0.378 e. The highest BCUT2D eigenvalue weighted by molar-refractivity contribution is 5.70. The molecule has 82 valence electrons. The standard InChI is InChI=1S/C15H17N/c1-12-11-14(16(2)3)9-10-15(12)13-7-5-4-6-8-13/h4-11H,1-3H3. The van der Waals surface area contributed by atoms with Crippen LogP contribution in [0.25, 0.3) is 11.1 Å². The van der Waals surface area contributed by atoms with Crippen molar-refractivity contribution in [1.29, 1.82) is 0 Å². The van der Waals surface area contributed by atoms with E-state index in [-0.39, 0.29) is 0 Å². The molecule has 2 aromatic carbocycles. The summed E-state index contributed by atoms with van der Waals surface area (Å²) in [5.41, 5.74) is 5.16. The van der Waals surface area contributed by atoms with Gasteiger partial charge in [-0.3, -0.25) is 0 Å². The van der Waals surface area contributed by atoms with E-state index >= 15 is 0 Å². The summed E-state index contributed by atoms with van der Waals surface area (Å²) in [5.74, 6) is 0. The Kier molecular flexibility index (Phi) is 2.95. The average molecular weight is 211 g/mol. The van der Waals surface area contributed by atoms with Gasteiger partial charge >= 0.3 is 0 Å². The Labute approximate surface area is 97.3 Å². The average Bonchev–Trinajstić information content (AvgIpc) is 2.30. The number of nitrogens with zero attached hydrogens (tertiary/aromatic N) is 1. The Bertz CT molecular complexity index is 472. The van der Waals surface area contributed by atoms with Gasteiger partial charge in [-0.25, -0.2) is 0 Å². The third kappa shape index (κ3) is 2.08. The number of aryl methyl sites for hydroxylation is 1. The van der Waals surface area contributed by atoms with Crippen LogP contribution >= 0.6 is 0 Å². The van der Waals surface area contributed by atoms with Crippen LogP contribution < -0.4 is 4.90 Å². The Morgan fingerprint density at radius 3 is 2.12 bits per heavy atom. The van der Waals surface area contributed by atoms with Gasteiger partial charge in [0.15, 0.2) is 0 Å². The minimum atomic E-state index is 1.25. The van der Waals surface area contributed by atoms with E-state index in [1.807, 2.05) is 6.07 Å². The summed E-state index contributed by atoms with van der Waals surface area (Å²) in [6.07, 6.45) is 0. The molecule has 0 N–H and O–H groups in total. The number of hydrogen-bond donors (Lipinski definition) is 0. The van der Waals surface area contributed by atoms with Gasteiger partial charge in [-0.15, -0.1) is 0 Å². The largest absolute Gasteiger partial charge is 0.378 e. The van der Waals surface area contributed by atoms with Crippen LogP contribution in [-0.2, 0) is 0 Å². The summed E-state index contributed by atoms with van der Waals surface area (Å²) in [6.45, 7) is 2.16. The van der Waals surface area contributed by atoms with Gasteiger partial charge in [-0.2, -0.15) is 0 Å². The molecule has 0 amide bonds. The molecule has 0 spiro atoms. The van der Waals surface area contributed by atoms with E-state index in [9.17, 15) is 0 Å². The zero-order valence-electron chi connectivity index (χ0n) is 10.1. The van der Waals surface area contributed by atoms with Crippen molar-refractivity contribution in [3.63, 3.8) is 0 Å². The molecule has 0 aliphatic heterocycles. The van der Waals surface area contributed by atoms with Crippen LogP contribution in [0.4, 0.5) is 5.69 Å². The SMILES string of the molecule is Cc1cc(N(C)C)ccc1-c1ccccc1. The number of benzene rings is 2. The van der Waals surface area contributed by atoms with Crippen molar-refractivity contribution in [2.75, 3.05) is 19.0 Å². The smallest absolute Gasteiger partial charge is 0.0364 e. The summed E-state index contributed by atoms with van der Waals surface area (Å²) in [5, 5.41) is 0. The second-order valence-electron chi connectivity index (χ2n) is 4.26. The van der Waals surface area contributed by atoms with Crippen molar-refractivity contribution in [3.05, 3.63) is 54.1 Å². The first-order valence-electron chi connectivity index (χ1n) is 5.52.